The molecule has 0 aliphatic carbocycles. The molecule has 0 N–H and O–H groups in total. The molecule has 0 saturated heterocycles. The summed E-state index contributed by atoms with van der Waals surface area (Å²) in [4.78, 5) is 6.28. The van der Waals surface area contributed by atoms with Crippen LogP contribution in [0.25, 0.3) is 0 Å². The standard InChI is InChI=1S/C34H43B10ClN2S/c1-16-12-17(45)14-21(13-16)46(18-8-10-22(11-9-18)48(2,3)4)19-6-5-7-20(15-19)47(33-29(41)25(37)23(35)26(38)30(33)42)34-31(43)27(39)24(36)28(40)32(34)44/h5-15H,35-44H2,1-4H3. The van der Waals surface area contributed by atoms with Crippen molar-refractivity contribution in [1.29, 1.82) is 0 Å². The van der Waals surface area contributed by atoms with Gasteiger partial charge in [-0.15, -0.1) is 10.9 Å². The molecular weight excluding hydrogens is 612 g/mol. The zero-order valence-corrected chi connectivity index (χ0v) is 33.1. The molecule has 5 aromatic rings. The minimum atomic E-state index is -0.850. The van der Waals surface area contributed by atoms with Crippen LogP contribution in [0.15, 0.2) is 71.6 Å². The van der Waals surface area contributed by atoms with Gasteiger partial charge in [-0.05, 0) is 96.8 Å². The van der Waals surface area contributed by atoms with E-state index in [1.807, 2.05) is 6.07 Å². The predicted molar refractivity (Wildman–Crippen MR) is 251 cm³/mol. The molecule has 0 bridgehead atoms. The molecule has 0 amide bonds. The Morgan fingerprint density at radius 1 is 0.458 bits per heavy atom. The maximum absolute atomic E-state index is 6.72. The predicted octanol–water partition coefficient (Wildman–Crippen LogP) is -6.78. The van der Waals surface area contributed by atoms with Gasteiger partial charge in [0.2, 0.25) is 0 Å². The molecule has 0 atom stereocenters. The molecule has 0 aliphatic heterocycles. The molecule has 2 nitrogen and oxygen atoms in total. The van der Waals surface area contributed by atoms with Crippen molar-refractivity contribution in [1.82, 2.24) is 0 Å². The highest BCUT2D eigenvalue weighted by Crippen LogP contribution is 2.46. The van der Waals surface area contributed by atoms with E-state index >= 15 is 0 Å². The molecular formula is C34H43B10ClN2S. The van der Waals surface area contributed by atoms with Crippen molar-refractivity contribution in [3.63, 3.8) is 0 Å². The van der Waals surface area contributed by atoms with E-state index in [0.717, 1.165) is 33.3 Å². The average Bonchev–Trinajstić information content (AvgIpc) is 3.03. The Hall–Kier alpha value is -3.01. The smallest absolute Gasteiger partial charge is 0.141 e. The zero-order chi connectivity index (χ0) is 35.4. The lowest BCUT2D eigenvalue weighted by Crippen LogP contribution is -2.59. The van der Waals surface area contributed by atoms with Crippen LogP contribution in [0.5, 0.6) is 0 Å². The molecule has 48 heavy (non-hydrogen) atoms. The van der Waals surface area contributed by atoms with E-state index in [1.54, 1.807) is 0 Å². The number of nitrogens with zero attached hydrogens (tertiary/aromatic N) is 2. The van der Waals surface area contributed by atoms with Gasteiger partial charge < -0.3 is 9.80 Å². The molecule has 0 spiro atoms. The summed E-state index contributed by atoms with van der Waals surface area (Å²) in [6, 6.07) is 24.5. The molecule has 5 rings (SSSR count). The van der Waals surface area contributed by atoms with E-state index < -0.39 is 10.0 Å². The van der Waals surface area contributed by atoms with Gasteiger partial charge in [-0.2, -0.15) is 0 Å². The van der Waals surface area contributed by atoms with Crippen molar-refractivity contribution in [3.05, 3.63) is 77.3 Å². The molecule has 0 heterocycles. The van der Waals surface area contributed by atoms with E-state index in [4.69, 9.17) is 11.6 Å². The van der Waals surface area contributed by atoms with Gasteiger partial charge >= 0.3 is 0 Å². The molecule has 14 heteroatoms. The lowest BCUT2D eigenvalue weighted by molar-refractivity contribution is 1.25. The Morgan fingerprint density at radius 2 is 0.875 bits per heavy atom. The molecule has 0 fully saturated rings. The van der Waals surface area contributed by atoms with E-state index in [0.29, 0.717) is 0 Å². The summed E-state index contributed by atoms with van der Waals surface area (Å²) in [7, 11) is 21.9. The highest BCUT2D eigenvalue weighted by molar-refractivity contribution is 8.32. The highest BCUT2D eigenvalue weighted by Gasteiger charge is 2.26. The minimum absolute atomic E-state index is 0.734. The molecule has 0 aromatic heterocycles. The van der Waals surface area contributed by atoms with E-state index in [-0.39, 0.29) is 0 Å². The summed E-state index contributed by atoms with van der Waals surface area (Å²) in [5.41, 5.74) is 21.4. The van der Waals surface area contributed by atoms with Gasteiger partial charge in [-0.3, -0.25) is 0 Å². The van der Waals surface area contributed by atoms with Crippen molar-refractivity contribution in [2.75, 3.05) is 28.6 Å². The molecule has 0 aliphatic rings. The second-order valence-corrected chi connectivity index (χ2v) is 19.0. The van der Waals surface area contributed by atoms with Crippen molar-refractivity contribution < 1.29 is 0 Å². The van der Waals surface area contributed by atoms with Gasteiger partial charge in [-0.25, -0.2) is 10.0 Å². The lowest BCUT2D eigenvalue weighted by atomic mass is 9.60. The fourth-order valence-corrected chi connectivity index (χ4v) is 8.31. The van der Waals surface area contributed by atoms with Crippen LogP contribution < -0.4 is 64.4 Å². The Bertz CT molecular complexity index is 1920. The summed E-state index contributed by atoms with van der Waals surface area (Å²) in [5.74, 6) is 0. The van der Waals surface area contributed by atoms with Crippen LogP contribution in [0.3, 0.4) is 0 Å². The zero-order valence-electron chi connectivity index (χ0n) is 31.5. The summed E-state index contributed by atoms with van der Waals surface area (Å²) < 4.78 is 0. The van der Waals surface area contributed by atoms with Crippen LogP contribution in [0, 0.1) is 6.92 Å². The number of halogens is 1. The summed E-state index contributed by atoms with van der Waals surface area (Å²) in [6.45, 7) is 2.11. The minimum Gasteiger partial charge on any atom is -0.313 e. The maximum Gasteiger partial charge on any atom is 0.141 e. The van der Waals surface area contributed by atoms with Gasteiger partial charge in [0, 0.05) is 39.1 Å². The molecule has 0 saturated carbocycles. The van der Waals surface area contributed by atoms with Crippen LogP contribution in [0.4, 0.5) is 34.1 Å². The van der Waals surface area contributed by atoms with E-state index in [2.05, 4.69) is 175 Å². The Kier molecular flexibility index (Phi) is 10.4. The SMILES string of the molecule is Bc1c(B)c(B)c(N(c2cccc(N(c3ccc(S(C)(C)C)cc3)c3cc(C)cc(Cl)c3)c2)c2c(B)c(B)c(B)c(B)c2B)c(B)c1B. The topological polar surface area (TPSA) is 6.48 Å². The van der Waals surface area contributed by atoms with Crippen molar-refractivity contribution in [2.45, 2.75) is 11.8 Å². The van der Waals surface area contributed by atoms with Gasteiger partial charge in [0.15, 0.2) is 0 Å². The second-order valence-electron chi connectivity index (χ2n) is 14.5. The molecule has 232 valence electrons. The Balaban J connectivity index is 1.85. The molecule has 0 unspecified atom stereocenters. The van der Waals surface area contributed by atoms with Gasteiger partial charge in [0.25, 0.3) is 0 Å². The number of benzene rings is 5. The Morgan fingerprint density at radius 3 is 1.29 bits per heavy atom. The van der Waals surface area contributed by atoms with E-state index in [1.165, 1.54) is 70.9 Å². The van der Waals surface area contributed by atoms with Gasteiger partial charge in [0.1, 0.15) is 78.5 Å². The van der Waals surface area contributed by atoms with Crippen LogP contribution in [-0.4, -0.2) is 97.2 Å². The fraction of sp³-hybridized carbons (Fsp3) is 0.118. The highest BCUT2D eigenvalue weighted by atomic mass is 35.5. The normalized spacial score (nSPS) is 11.8. The van der Waals surface area contributed by atoms with Crippen molar-refractivity contribution in [2.24, 2.45) is 0 Å². The van der Waals surface area contributed by atoms with E-state index in [9.17, 15) is 0 Å². The molecule has 5 aromatic carbocycles. The lowest BCUT2D eigenvalue weighted by Gasteiger charge is -2.37. The number of aryl methyl sites for hydroxylation is 1. The first-order valence-electron chi connectivity index (χ1n) is 16.8. The molecule has 0 radical (unpaired) electrons. The fourth-order valence-electron chi connectivity index (χ4n) is 7.07. The van der Waals surface area contributed by atoms with Gasteiger partial charge in [0.05, 0.1) is 0 Å². The number of anilines is 6. The first kappa shape index (κ1) is 36.3. The van der Waals surface area contributed by atoms with Crippen molar-refractivity contribution in [3.8, 4) is 0 Å². The third-order valence-corrected chi connectivity index (χ3v) is 12.7. The van der Waals surface area contributed by atoms with Gasteiger partial charge in [-0.1, -0.05) is 61.4 Å². The third kappa shape index (κ3) is 6.62. The maximum atomic E-state index is 6.72. The summed E-state index contributed by atoms with van der Waals surface area (Å²) >= 11 is 6.72. The second kappa shape index (κ2) is 13.7. The average molecular weight is 655 g/mol. The van der Waals surface area contributed by atoms with Crippen LogP contribution in [0.1, 0.15) is 5.56 Å². The first-order valence-corrected chi connectivity index (χ1v) is 20.1. The van der Waals surface area contributed by atoms with Crippen LogP contribution in [-0.2, 0) is 0 Å². The Labute approximate surface area is 305 Å². The quantitative estimate of drug-likeness (QED) is 0.161. The summed E-state index contributed by atoms with van der Waals surface area (Å²) in [6.07, 6.45) is 7.03. The van der Waals surface area contributed by atoms with Crippen molar-refractivity contribution >= 4 is 189 Å². The summed E-state index contributed by atoms with van der Waals surface area (Å²) in [5, 5.41) is 0.734. The monoisotopic (exact) mass is 656 g/mol. The third-order valence-electron chi connectivity index (χ3n) is 10.8. The van der Waals surface area contributed by atoms with Crippen LogP contribution in [0.2, 0.25) is 5.02 Å². The number of hydrogen-bond donors (Lipinski definition) is 0. The van der Waals surface area contributed by atoms with Crippen LogP contribution >= 0.6 is 21.6 Å². The number of rotatable bonds is 7. The largest absolute Gasteiger partial charge is 0.313 e. The number of hydrogen-bond acceptors (Lipinski definition) is 2. The first-order chi connectivity index (χ1) is 22.4.